The molecule has 1 fully saturated rings. The lowest BCUT2D eigenvalue weighted by Gasteiger charge is -2.21. The standard InChI is InChI=1S/C17H34N4O3.HI/c1-5-18-14(21-13-17(23)9-6-7-10-17)19-11-8-12-20-15(22)24-16(2,3)4;/h23H,5-13H2,1-4H3,(H,20,22)(H2,18,19,21);1H. The zero-order valence-corrected chi connectivity index (χ0v) is 18.3. The molecule has 0 aliphatic heterocycles. The van der Waals surface area contributed by atoms with E-state index in [0.29, 0.717) is 25.6 Å². The molecule has 1 rings (SSSR count). The zero-order valence-electron chi connectivity index (χ0n) is 16.0. The van der Waals surface area contributed by atoms with Crippen molar-refractivity contribution in [2.45, 2.75) is 71.0 Å². The molecule has 148 valence electrons. The molecule has 25 heavy (non-hydrogen) atoms. The van der Waals surface area contributed by atoms with Crippen LogP contribution in [0.25, 0.3) is 0 Å². The lowest BCUT2D eigenvalue weighted by atomic mass is 10.0. The van der Waals surface area contributed by atoms with Crippen molar-refractivity contribution in [3.8, 4) is 0 Å². The Labute approximate surface area is 168 Å². The van der Waals surface area contributed by atoms with Gasteiger partial charge in [-0.15, -0.1) is 24.0 Å². The summed E-state index contributed by atoms with van der Waals surface area (Å²) in [7, 11) is 0. The SMILES string of the molecule is CCNC(=NCC1(O)CCCC1)NCCCNC(=O)OC(C)(C)C.I. The molecule has 1 saturated carbocycles. The van der Waals surface area contributed by atoms with E-state index in [1.165, 1.54) is 0 Å². The number of halogens is 1. The highest BCUT2D eigenvalue weighted by Crippen LogP contribution is 2.29. The van der Waals surface area contributed by atoms with E-state index in [1.54, 1.807) is 0 Å². The second kappa shape index (κ2) is 11.8. The minimum Gasteiger partial charge on any atom is -0.444 e. The van der Waals surface area contributed by atoms with Crippen molar-refractivity contribution in [1.82, 2.24) is 16.0 Å². The Kier molecular flexibility index (Phi) is 11.4. The summed E-state index contributed by atoms with van der Waals surface area (Å²) >= 11 is 0. The van der Waals surface area contributed by atoms with Gasteiger partial charge in [0.05, 0.1) is 12.1 Å². The first kappa shape index (κ1) is 24.2. The molecule has 0 aromatic carbocycles. The Morgan fingerprint density at radius 3 is 2.32 bits per heavy atom. The quantitative estimate of drug-likeness (QED) is 0.198. The number of hydrogen-bond donors (Lipinski definition) is 4. The van der Waals surface area contributed by atoms with Gasteiger partial charge in [0.15, 0.2) is 5.96 Å². The van der Waals surface area contributed by atoms with Crippen molar-refractivity contribution in [3.05, 3.63) is 0 Å². The lowest BCUT2D eigenvalue weighted by molar-refractivity contribution is 0.0526. The summed E-state index contributed by atoms with van der Waals surface area (Å²) in [6.07, 6.45) is 4.17. The van der Waals surface area contributed by atoms with Gasteiger partial charge >= 0.3 is 6.09 Å². The van der Waals surface area contributed by atoms with Gasteiger partial charge in [-0.2, -0.15) is 0 Å². The number of carbonyl (C=O) groups is 1. The first-order valence-corrected chi connectivity index (χ1v) is 8.95. The molecule has 0 unspecified atom stereocenters. The maximum Gasteiger partial charge on any atom is 0.407 e. The summed E-state index contributed by atoms with van der Waals surface area (Å²) < 4.78 is 5.18. The Morgan fingerprint density at radius 1 is 1.16 bits per heavy atom. The van der Waals surface area contributed by atoms with Crippen LogP contribution in [-0.2, 0) is 4.74 Å². The van der Waals surface area contributed by atoms with E-state index in [2.05, 4.69) is 20.9 Å². The van der Waals surface area contributed by atoms with Crippen molar-refractivity contribution in [3.63, 3.8) is 0 Å². The van der Waals surface area contributed by atoms with Crippen LogP contribution >= 0.6 is 24.0 Å². The third-order valence-electron chi connectivity index (χ3n) is 3.72. The third-order valence-corrected chi connectivity index (χ3v) is 3.72. The van der Waals surface area contributed by atoms with E-state index < -0.39 is 17.3 Å². The number of guanidine groups is 1. The second-order valence-corrected chi connectivity index (χ2v) is 7.34. The predicted molar refractivity (Wildman–Crippen MR) is 112 cm³/mol. The zero-order chi connectivity index (χ0) is 18.1. The molecule has 0 aromatic heterocycles. The Balaban J connectivity index is 0.00000576. The maximum atomic E-state index is 11.5. The van der Waals surface area contributed by atoms with Crippen LogP contribution in [0.1, 0.15) is 59.8 Å². The smallest absolute Gasteiger partial charge is 0.407 e. The lowest BCUT2D eigenvalue weighted by Crippen LogP contribution is -2.40. The van der Waals surface area contributed by atoms with E-state index in [9.17, 15) is 9.90 Å². The van der Waals surface area contributed by atoms with Gasteiger partial charge in [-0.05, 0) is 47.0 Å². The highest BCUT2D eigenvalue weighted by molar-refractivity contribution is 14.0. The molecule has 0 heterocycles. The van der Waals surface area contributed by atoms with Crippen molar-refractivity contribution >= 4 is 36.0 Å². The van der Waals surface area contributed by atoms with E-state index in [1.807, 2.05) is 27.7 Å². The second-order valence-electron chi connectivity index (χ2n) is 7.34. The van der Waals surface area contributed by atoms with Gasteiger partial charge in [0.1, 0.15) is 5.60 Å². The molecule has 0 saturated heterocycles. The summed E-state index contributed by atoms with van der Waals surface area (Å²) in [5.74, 6) is 0.704. The van der Waals surface area contributed by atoms with Crippen LogP contribution in [-0.4, -0.2) is 54.5 Å². The number of aliphatic hydroxyl groups is 1. The fourth-order valence-electron chi connectivity index (χ4n) is 2.56. The molecular weight excluding hydrogens is 435 g/mol. The van der Waals surface area contributed by atoms with Gasteiger partial charge in [-0.25, -0.2) is 4.79 Å². The van der Waals surface area contributed by atoms with Crippen molar-refractivity contribution in [2.24, 2.45) is 4.99 Å². The molecule has 7 nitrogen and oxygen atoms in total. The molecule has 4 N–H and O–H groups in total. The van der Waals surface area contributed by atoms with Gasteiger partial charge in [-0.1, -0.05) is 12.8 Å². The summed E-state index contributed by atoms with van der Waals surface area (Å²) in [6, 6.07) is 0. The number of rotatable bonds is 7. The fourth-order valence-corrected chi connectivity index (χ4v) is 2.56. The summed E-state index contributed by atoms with van der Waals surface area (Å²) in [6.45, 7) is 9.93. The summed E-state index contributed by atoms with van der Waals surface area (Å²) in [5.41, 5.74) is -1.12. The Morgan fingerprint density at radius 2 is 1.76 bits per heavy atom. The van der Waals surface area contributed by atoms with Crippen molar-refractivity contribution in [1.29, 1.82) is 0 Å². The van der Waals surface area contributed by atoms with Crippen LogP contribution < -0.4 is 16.0 Å². The van der Waals surface area contributed by atoms with Crippen LogP contribution in [0.4, 0.5) is 4.79 Å². The minimum atomic E-state index is -0.638. The molecule has 1 aliphatic rings. The monoisotopic (exact) mass is 470 g/mol. The first-order chi connectivity index (χ1) is 11.2. The Hall–Kier alpha value is -0.770. The number of nitrogens with zero attached hydrogens (tertiary/aromatic N) is 1. The predicted octanol–water partition coefficient (Wildman–Crippen LogP) is 2.38. The molecule has 0 aromatic rings. The molecule has 0 radical (unpaired) electrons. The minimum absolute atomic E-state index is 0. The number of hydrogen-bond acceptors (Lipinski definition) is 4. The number of alkyl carbamates (subject to hydrolysis) is 1. The molecule has 1 amide bonds. The number of amides is 1. The van der Waals surface area contributed by atoms with Crippen LogP contribution in [0.15, 0.2) is 4.99 Å². The number of ether oxygens (including phenoxy) is 1. The van der Waals surface area contributed by atoms with E-state index >= 15 is 0 Å². The molecule has 0 atom stereocenters. The number of nitrogens with one attached hydrogen (secondary N) is 3. The molecular formula is C17H35IN4O3. The maximum absolute atomic E-state index is 11.5. The third kappa shape index (κ3) is 11.5. The van der Waals surface area contributed by atoms with Crippen molar-refractivity contribution in [2.75, 3.05) is 26.2 Å². The summed E-state index contributed by atoms with van der Waals surface area (Å²) in [4.78, 5) is 16.0. The highest BCUT2D eigenvalue weighted by atomic mass is 127. The van der Waals surface area contributed by atoms with Crippen molar-refractivity contribution < 1.29 is 14.6 Å². The van der Waals surface area contributed by atoms with E-state index in [4.69, 9.17) is 4.74 Å². The average molecular weight is 470 g/mol. The van der Waals surface area contributed by atoms with Gasteiger partial charge in [0, 0.05) is 19.6 Å². The van der Waals surface area contributed by atoms with Gasteiger partial charge < -0.3 is 25.8 Å². The van der Waals surface area contributed by atoms with E-state index in [0.717, 1.165) is 38.6 Å². The molecule has 1 aliphatic carbocycles. The molecule has 8 heteroatoms. The largest absolute Gasteiger partial charge is 0.444 e. The summed E-state index contributed by atoms with van der Waals surface area (Å²) in [5, 5.41) is 19.5. The normalized spacial score (nSPS) is 16.8. The van der Waals surface area contributed by atoms with Gasteiger partial charge in [0.25, 0.3) is 0 Å². The van der Waals surface area contributed by atoms with Gasteiger partial charge in [-0.3, -0.25) is 4.99 Å². The molecule has 0 spiro atoms. The Bertz CT molecular complexity index is 419. The highest BCUT2D eigenvalue weighted by Gasteiger charge is 2.30. The van der Waals surface area contributed by atoms with Crippen LogP contribution in [0.3, 0.4) is 0 Å². The van der Waals surface area contributed by atoms with Crippen LogP contribution in [0.2, 0.25) is 0 Å². The number of aliphatic imine (C=N–C) groups is 1. The fraction of sp³-hybridized carbons (Fsp3) is 0.882. The van der Waals surface area contributed by atoms with Gasteiger partial charge in [0.2, 0.25) is 0 Å². The average Bonchev–Trinajstić information content (AvgIpc) is 2.89. The number of carbonyl (C=O) groups excluding carboxylic acids is 1. The van der Waals surface area contributed by atoms with E-state index in [-0.39, 0.29) is 24.0 Å². The molecule has 0 bridgehead atoms. The topological polar surface area (TPSA) is 95.0 Å². The van der Waals surface area contributed by atoms with Crippen LogP contribution in [0.5, 0.6) is 0 Å². The first-order valence-electron chi connectivity index (χ1n) is 8.95. The van der Waals surface area contributed by atoms with Crippen LogP contribution in [0, 0.1) is 0 Å².